The second kappa shape index (κ2) is 8.39. The van der Waals surface area contributed by atoms with Crippen molar-refractivity contribution in [2.24, 2.45) is 5.92 Å². The summed E-state index contributed by atoms with van der Waals surface area (Å²) in [7, 11) is 1.67. The zero-order valence-corrected chi connectivity index (χ0v) is 16.5. The molecule has 1 aromatic carbocycles. The molecule has 0 saturated carbocycles. The summed E-state index contributed by atoms with van der Waals surface area (Å²) in [6.45, 7) is 4.96. The SMILES string of the molecule is COc1cccc(N2CCN(C(=O)C3CC(=O)N(C4CCOCC4)C3)CC2)c1. The smallest absolute Gasteiger partial charge is 0.228 e. The average Bonchev–Trinajstić information content (AvgIpc) is 3.15. The van der Waals surface area contributed by atoms with E-state index in [2.05, 4.69) is 11.0 Å². The van der Waals surface area contributed by atoms with E-state index in [1.807, 2.05) is 28.0 Å². The van der Waals surface area contributed by atoms with Gasteiger partial charge in [0, 0.05) is 70.2 Å². The van der Waals surface area contributed by atoms with E-state index in [0.717, 1.165) is 37.4 Å². The zero-order valence-electron chi connectivity index (χ0n) is 16.5. The molecule has 28 heavy (non-hydrogen) atoms. The molecule has 7 heteroatoms. The van der Waals surface area contributed by atoms with E-state index < -0.39 is 0 Å². The third-order valence-corrected chi connectivity index (χ3v) is 6.15. The Bertz CT molecular complexity index is 711. The first-order valence-electron chi connectivity index (χ1n) is 10.2. The number of nitrogens with zero attached hydrogens (tertiary/aromatic N) is 3. The monoisotopic (exact) mass is 387 g/mol. The standard InChI is InChI=1S/C21H29N3O4/c1-27-19-4-2-3-18(14-19)22-7-9-23(10-8-22)21(26)16-13-20(25)24(15-16)17-5-11-28-12-6-17/h2-4,14,16-17H,5-13,15H2,1H3. The van der Waals surface area contributed by atoms with Gasteiger partial charge in [0.05, 0.1) is 13.0 Å². The zero-order chi connectivity index (χ0) is 19.5. The van der Waals surface area contributed by atoms with Crippen molar-refractivity contribution in [2.75, 3.05) is 57.9 Å². The van der Waals surface area contributed by atoms with Crippen molar-refractivity contribution in [2.45, 2.75) is 25.3 Å². The van der Waals surface area contributed by atoms with Crippen LogP contribution in [0.15, 0.2) is 24.3 Å². The minimum Gasteiger partial charge on any atom is -0.497 e. The van der Waals surface area contributed by atoms with Crippen LogP contribution >= 0.6 is 0 Å². The van der Waals surface area contributed by atoms with E-state index in [1.54, 1.807) is 7.11 Å². The lowest BCUT2D eigenvalue weighted by Crippen LogP contribution is -2.51. The maximum Gasteiger partial charge on any atom is 0.228 e. The highest BCUT2D eigenvalue weighted by Gasteiger charge is 2.40. The third-order valence-electron chi connectivity index (χ3n) is 6.15. The molecule has 3 aliphatic heterocycles. The molecule has 1 atom stereocenters. The Kier molecular flexibility index (Phi) is 5.71. The van der Waals surface area contributed by atoms with E-state index in [4.69, 9.17) is 9.47 Å². The highest BCUT2D eigenvalue weighted by molar-refractivity contribution is 5.89. The molecular weight excluding hydrogens is 358 g/mol. The molecule has 2 amide bonds. The number of hydrogen-bond donors (Lipinski definition) is 0. The summed E-state index contributed by atoms with van der Waals surface area (Å²) in [5.41, 5.74) is 1.12. The van der Waals surface area contributed by atoms with Crippen LogP contribution < -0.4 is 9.64 Å². The number of carbonyl (C=O) groups is 2. The van der Waals surface area contributed by atoms with Crippen LogP contribution in [0.3, 0.4) is 0 Å². The second-order valence-electron chi connectivity index (χ2n) is 7.80. The maximum absolute atomic E-state index is 13.0. The van der Waals surface area contributed by atoms with Crippen molar-refractivity contribution in [1.82, 2.24) is 9.80 Å². The summed E-state index contributed by atoms with van der Waals surface area (Å²) >= 11 is 0. The van der Waals surface area contributed by atoms with Crippen LogP contribution in [-0.4, -0.2) is 80.7 Å². The molecule has 0 N–H and O–H groups in total. The van der Waals surface area contributed by atoms with E-state index >= 15 is 0 Å². The van der Waals surface area contributed by atoms with Crippen molar-refractivity contribution >= 4 is 17.5 Å². The number of ether oxygens (including phenoxy) is 2. The highest BCUT2D eigenvalue weighted by Crippen LogP contribution is 2.27. The molecule has 0 aliphatic carbocycles. The Morgan fingerprint density at radius 2 is 1.89 bits per heavy atom. The number of amides is 2. The van der Waals surface area contributed by atoms with Crippen LogP contribution in [0.1, 0.15) is 19.3 Å². The number of carbonyl (C=O) groups excluding carboxylic acids is 2. The first-order chi connectivity index (χ1) is 13.7. The van der Waals surface area contributed by atoms with E-state index in [1.165, 1.54) is 0 Å². The molecule has 3 saturated heterocycles. The van der Waals surface area contributed by atoms with Crippen molar-refractivity contribution in [3.8, 4) is 5.75 Å². The van der Waals surface area contributed by atoms with Crippen LogP contribution in [0.4, 0.5) is 5.69 Å². The summed E-state index contributed by atoms with van der Waals surface area (Å²) in [6.07, 6.45) is 2.12. The number of piperazine rings is 1. The van der Waals surface area contributed by atoms with E-state index in [-0.39, 0.29) is 23.8 Å². The van der Waals surface area contributed by atoms with Gasteiger partial charge in [-0.25, -0.2) is 0 Å². The fourth-order valence-corrected chi connectivity index (χ4v) is 4.50. The quantitative estimate of drug-likeness (QED) is 0.781. The molecule has 0 bridgehead atoms. The van der Waals surface area contributed by atoms with Crippen molar-refractivity contribution in [1.29, 1.82) is 0 Å². The van der Waals surface area contributed by atoms with Gasteiger partial charge in [-0.1, -0.05) is 6.07 Å². The van der Waals surface area contributed by atoms with Gasteiger partial charge >= 0.3 is 0 Å². The number of benzene rings is 1. The van der Waals surface area contributed by atoms with Crippen LogP contribution in [0.5, 0.6) is 5.75 Å². The maximum atomic E-state index is 13.0. The highest BCUT2D eigenvalue weighted by atomic mass is 16.5. The number of rotatable bonds is 4. The average molecular weight is 387 g/mol. The van der Waals surface area contributed by atoms with E-state index in [0.29, 0.717) is 39.3 Å². The summed E-state index contributed by atoms with van der Waals surface area (Å²) < 4.78 is 10.7. The topological polar surface area (TPSA) is 62.3 Å². The molecule has 0 radical (unpaired) electrons. The normalized spacial score (nSPS) is 24.0. The Morgan fingerprint density at radius 1 is 1.14 bits per heavy atom. The molecule has 3 heterocycles. The van der Waals surface area contributed by atoms with Crippen molar-refractivity contribution in [3.05, 3.63) is 24.3 Å². The Labute approximate surface area is 166 Å². The largest absolute Gasteiger partial charge is 0.497 e. The molecule has 1 aromatic rings. The van der Waals surface area contributed by atoms with Crippen molar-refractivity contribution < 1.29 is 19.1 Å². The van der Waals surface area contributed by atoms with Gasteiger partial charge < -0.3 is 24.2 Å². The van der Waals surface area contributed by atoms with Crippen LogP contribution in [0, 0.1) is 5.92 Å². The number of likely N-dealkylation sites (tertiary alicyclic amines) is 1. The van der Waals surface area contributed by atoms with Gasteiger partial charge in [0.2, 0.25) is 11.8 Å². The lowest BCUT2D eigenvalue weighted by molar-refractivity contribution is -0.136. The minimum absolute atomic E-state index is 0.125. The molecule has 0 aromatic heterocycles. The molecule has 0 spiro atoms. The molecule has 3 fully saturated rings. The minimum atomic E-state index is -0.196. The number of hydrogen-bond acceptors (Lipinski definition) is 5. The van der Waals surface area contributed by atoms with Gasteiger partial charge in [-0.2, -0.15) is 0 Å². The van der Waals surface area contributed by atoms with Gasteiger partial charge in [-0.3, -0.25) is 9.59 Å². The second-order valence-corrected chi connectivity index (χ2v) is 7.80. The first kappa shape index (κ1) is 19.1. The van der Waals surface area contributed by atoms with Gasteiger partial charge in [-0.05, 0) is 25.0 Å². The Balaban J connectivity index is 1.32. The van der Waals surface area contributed by atoms with Gasteiger partial charge in [0.15, 0.2) is 0 Å². The fraction of sp³-hybridized carbons (Fsp3) is 0.619. The van der Waals surface area contributed by atoms with Crippen LogP contribution in [0.25, 0.3) is 0 Å². The van der Waals surface area contributed by atoms with Crippen molar-refractivity contribution in [3.63, 3.8) is 0 Å². The van der Waals surface area contributed by atoms with Crippen LogP contribution in [0.2, 0.25) is 0 Å². The molecule has 4 rings (SSSR count). The van der Waals surface area contributed by atoms with E-state index in [9.17, 15) is 9.59 Å². The molecular formula is C21H29N3O4. The summed E-state index contributed by atoms with van der Waals surface area (Å²) in [4.78, 5) is 31.6. The van der Waals surface area contributed by atoms with Gasteiger partial charge in [0.1, 0.15) is 5.75 Å². The molecule has 7 nitrogen and oxygen atoms in total. The first-order valence-corrected chi connectivity index (χ1v) is 10.2. The lowest BCUT2D eigenvalue weighted by atomic mass is 10.1. The van der Waals surface area contributed by atoms with Crippen LogP contribution in [-0.2, 0) is 14.3 Å². The number of anilines is 1. The third kappa shape index (κ3) is 3.94. The summed E-state index contributed by atoms with van der Waals surface area (Å²) in [5, 5.41) is 0. The lowest BCUT2D eigenvalue weighted by Gasteiger charge is -2.37. The van der Waals surface area contributed by atoms with Gasteiger partial charge in [-0.15, -0.1) is 0 Å². The predicted molar refractivity (Wildman–Crippen MR) is 105 cm³/mol. The molecule has 3 aliphatic rings. The molecule has 1 unspecified atom stereocenters. The number of methoxy groups -OCH3 is 1. The Hall–Kier alpha value is -2.28. The summed E-state index contributed by atoms with van der Waals surface area (Å²) in [5.74, 6) is 0.904. The molecule has 152 valence electrons. The fourth-order valence-electron chi connectivity index (χ4n) is 4.50. The summed E-state index contributed by atoms with van der Waals surface area (Å²) in [6, 6.07) is 8.26. The predicted octanol–water partition coefficient (Wildman–Crippen LogP) is 1.37. The Morgan fingerprint density at radius 3 is 2.61 bits per heavy atom. The van der Waals surface area contributed by atoms with Gasteiger partial charge in [0.25, 0.3) is 0 Å².